The van der Waals surface area contributed by atoms with Gasteiger partial charge in [0.1, 0.15) is 17.1 Å². The van der Waals surface area contributed by atoms with Gasteiger partial charge in [-0.25, -0.2) is 0 Å². The van der Waals surface area contributed by atoms with Gasteiger partial charge in [0, 0.05) is 16.7 Å². The first kappa shape index (κ1) is 19.9. The number of hydrogen-bond donors (Lipinski definition) is 1. The molecule has 1 heterocycles. The molecule has 28 heavy (non-hydrogen) atoms. The highest BCUT2D eigenvalue weighted by molar-refractivity contribution is 7.80. The molecule has 0 unspecified atom stereocenters. The van der Waals surface area contributed by atoms with E-state index < -0.39 is 11.8 Å². The van der Waals surface area contributed by atoms with E-state index in [4.69, 9.17) is 33.3 Å². The molecule has 0 aliphatic carbocycles. The van der Waals surface area contributed by atoms with Crippen LogP contribution >= 0.6 is 23.8 Å². The summed E-state index contributed by atoms with van der Waals surface area (Å²) in [6.07, 6.45) is 1.46. The summed E-state index contributed by atoms with van der Waals surface area (Å²) in [4.78, 5) is 26.7. The van der Waals surface area contributed by atoms with Gasteiger partial charge in [-0.2, -0.15) is 0 Å². The van der Waals surface area contributed by atoms with Crippen LogP contribution in [0.2, 0.25) is 5.02 Å². The Morgan fingerprint density at radius 2 is 1.86 bits per heavy atom. The number of aryl methyl sites for hydroxylation is 1. The summed E-state index contributed by atoms with van der Waals surface area (Å²) in [7, 11) is 3.03. The largest absolute Gasteiger partial charge is 0.497 e. The van der Waals surface area contributed by atoms with Crippen molar-refractivity contribution in [2.45, 2.75) is 6.92 Å². The first-order valence-electron chi connectivity index (χ1n) is 8.25. The van der Waals surface area contributed by atoms with Crippen LogP contribution in [-0.4, -0.2) is 31.1 Å². The molecular weight excluding hydrogens is 400 g/mol. The Hall–Kier alpha value is -2.90. The number of thiocarbonyl (C=S) groups is 1. The second-order valence-electron chi connectivity index (χ2n) is 6.00. The number of halogens is 1. The van der Waals surface area contributed by atoms with Gasteiger partial charge in [0.2, 0.25) is 0 Å². The van der Waals surface area contributed by atoms with E-state index in [1.54, 1.807) is 36.4 Å². The number of nitrogens with zero attached hydrogens (tertiary/aromatic N) is 1. The van der Waals surface area contributed by atoms with Crippen molar-refractivity contribution >= 4 is 52.5 Å². The predicted octanol–water partition coefficient (Wildman–Crippen LogP) is 3.50. The average Bonchev–Trinajstić information content (AvgIpc) is 2.67. The molecule has 144 valence electrons. The number of rotatable bonds is 4. The van der Waals surface area contributed by atoms with Gasteiger partial charge >= 0.3 is 0 Å². The van der Waals surface area contributed by atoms with Crippen LogP contribution in [0.25, 0.3) is 6.08 Å². The molecule has 8 heteroatoms. The number of carbonyl (C=O) groups is 2. The van der Waals surface area contributed by atoms with Crippen molar-refractivity contribution in [3.63, 3.8) is 0 Å². The molecule has 2 amide bonds. The van der Waals surface area contributed by atoms with E-state index in [1.807, 2.05) is 6.92 Å². The molecule has 2 aromatic rings. The smallest absolute Gasteiger partial charge is 0.270 e. The fourth-order valence-corrected chi connectivity index (χ4v) is 3.16. The third-order valence-electron chi connectivity index (χ3n) is 4.26. The number of ether oxygens (including phenoxy) is 2. The number of benzene rings is 2. The van der Waals surface area contributed by atoms with Gasteiger partial charge in [0.25, 0.3) is 11.8 Å². The molecule has 0 atom stereocenters. The Balaban J connectivity index is 2.05. The van der Waals surface area contributed by atoms with Gasteiger partial charge < -0.3 is 9.47 Å². The summed E-state index contributed by atoms with van der Waals surface area (Å²) in [5, 5.41) is 3.03. The zero-order valence-electron chi connectivity index (χ0n) is 15.4. The van der Waals surface area contributed by atoms with Crippen molar-refractivity contribution in [1.29, 1.82) is 0 Å². The number of carbonyl (C=O) groups excluding carboxylic acids is 2. The van der Waals surface area contributed by atoms with Crippen LogP contribution in [0, 0.1) is 6.92 Å². The number of hydrogen-bond acceptors (Lipinski definition) is 5. The second-order valence-corrected chi connectivity index (χ2v) is 6.79. The molecular formula is C20H17ClN2O4S. The third kappa shape index (κ3) is 3.72. The lowest BCUT2D eigenvalue weighted by Gasteiger charge is -2.29. The first-order valence-corrected chi connectivity index (χ1v) is 9.04. The Morgan fingerprint density at radius 1 is 1.11 bits per heavy atom. The van der Waals surface area contributed by atoms with Crippen molar-refractivity contribution in [3.05, 3.63) is 58.1 Å². The van der Waals surface area contributed by atoms with Crippen molar-refractivity contribution in [1.82, 2.24) is 5.32 Å². The van der Waals surface area contributed by atoms with Crippen molar-refractivity contribution in [3.8, 4) is 11.5 Å². The maximum absolute atomic E-state index is 13.1. The molecule has 0 bridgehead atoms. The van der Waals surface area contributed by atoms with E-state index in [-0.39, 0.29) is 10.7 Å². The van der Waals surface area contributed by atoms with Crippen molar-refractivity contribution < 1.29 is 19.1 Å². The van der Waals surface area contributed by atoms with E-state index in [0.717, 1.165) is 5.56 Å². The monoisotopic (exact) mass is 416 g/mol. The number of anilines is 1. The van der Waals surface area contributed by atoms with Gasteiger partial charge in [-0.05, 0) is 55.0 Å². The van der Waals surface area contributed by atoms with Crippen LogP contribution in [0.3, 0.4) is 0 Å². The Labute approximate surface area is 172 Å². The topological polar surface area (TPSA) is 67.9 Å². The maximum atomic E-state index is 13.1. The van der Waals surface area contributed by atoms with Crippen LogP contribution < -0.4 is 19.7 Å². The maximum Gasteiger partial charge on any atom is 0.270 e. The predicted molar refractivity (Wildman–Crippen MR) is 112 cm³/mol. The van der Waals surface area contributed by atoms with Gasteiger partial charge in [-0.1, -0.05) is 17.7 Å². The SMILES string of the molecule is COc1ccc(/C=C2\C(=O)NC(=S)N(c3ccc(C)c(Cl)c3)C2=O)c(OC)c1. The summed E-state index contributed by atoms with van der Waals surface area (Å²) in [6, 6.07) is 10.2. The minimum Gasteiger partial charge on any atom is -0.497 e. The highest BCUT2D eigenvalue weighted by Gasteiger charge is 2.34. The molecule has 1 aliphatic rings. The van der Waals surface area contributed by atoms with Crippen molar-refractivity contribution in [2.75, 3.05) is 19.1 Å². The lowest BCUT2D eigenvalue weighted by atomic mass is 10.1. The summed E-state index contributed by atoms with van der Waals surface area (Å²) in [5.74, 6) is -0.0741. The van der Waals surface area contributed by atoms with Crippen LogP contribution in [0.4, 0.5) is 5.69 Å². The third-order valence-corrected chi connectivity index (χ3v) is 4.95. The van der Waals surface area contributed by atoms with E-state index in [1.165, 1.54) is 25.2 Å². The zero-order chi connectivity index (χ0) is 20.4. The van der Waals surface area contributed by atoms with E-state index >= 15 is 0 Å². The summed E-state index contributed by atoms with van der Waals surface area (Å²) >= 11 is 11.4. The normalized spacial score (nSPS) is 15.6. The summed E-state index contributed by atoms with van der Waals surface area (Å²) < 4.78 is 10.5. The lowest BCUT2D eigenvalue weighted by Crippen LogP contribution is -2.54. The van der Waals surface area contributed by atoms with E-state index in [0.29, 0.717) is 27.8 Å². The Kier molecular flexibility index (Phi) is 5.67. The zero-order valence-corrected chi connectivity index (χ0v) is 17.0. The Bertz CT molecular complexity index is 1020. The minimum absolute atomic E-state index is 0.00577. The van der Waals surface area contributed by atoms with Gasteiger partial charge in [-0.15, -0.1) is 0 Å². The fourth-order valence-electron chi connectivity index (χ4n) is 2.71. The fraction of sp³-hybridized carbons (Fsp3) is 0.150. The molecule has 1 fully saturated rings. The van der Waals surface area contributed by atoms with E-state index in [2.05, 4.69) is 5.32 Å². The Morgan fingerprint density at radius 3 is 2.50 bits per heavy atom. The van der Waals surface area contributed by atoms with Crippen molar-refractivity contribution in [2.24, 2.45) is 0 Å². The molecule has 0 aromatic heterocycles. The molecule has 1 N–H and O–H groups in total. The van der Waals surface area contributed by atoms with Crippen LogP contribution in [-0.2, 0) is 9.59 Å². The molecule has 1 saturated heterocycles. The average molecular weight is 417 g/mol. The molecule has 0 spiro atoms. The number of methoxy groups -OCH3 is 2. The minimum atomic E-state index is -0.581. The highest BCUT2D eigenvalue weighted by atomic mass is 35.5. The van der Waals surface area contributed by atoms with Crippen LogP contribution in [0.1, 0.15) is 11.1 Å². The highest BCUT2D eigenvalue weighted by Crippen LogP contribution is 2.29. The summed E-state index contributed by atoms with van der Waals surface area (Å²) in [6.45, 7) is 1.85. The molecule has 0 saturated carbocycles. The molecule has 3 rings (SSSR count). The quantitative estimate of drug-likeness (QED) is 0.469. The van der Waals surface area contributed by atoms with Gasteiger partial charge in [0.05, 0.1) is 19.9 Å². The van der Waals surface area contributed by atoms with Gasteiger partial charge in [0.15, 0.2) is 5.11 Å². The summed E-state index contributed by atoms with van der Waals surface area (Å²) in [5.41, 5.74) is 1.81. The van der Waals surface area contributed by atoms with E-state index in [9.17, 15) is 9.59 Å². The number of nitrogens with one attached hydrogen (secondary N) is 1. The number of amides is 2. The molecule has 0 radical (unpaired) electrons. The van der Waals surface area contributed by atoms with Crippen LogP contribution in [0.5, 0.6) is 11.5 Å². The second kappa shape index (κ2) is 8.00. The standard InChI is InChI=1S/C20H17ClN2O4S/c1-11-4-6-13(9-16(11)21)23-19(25)15(18(24)22-20(23)28)8-12-5-7-14(26-2)10-17(12)27-3/h4-10H,1-3H3,(H,22,24,28)/b15-8+. The molecule has 6 nitrogen and oxygen atoms in total. The lowest BCUT2D eigenvalue weighted by molar-refractivity contribution is -0.122. The van der Waals surface area contributed by atoms with Crippen LogP contribution in [0.15, 0.2) is 42.0 Å². The first-order chi connectivity index (χ1) is 13.3. The molecule has 2 aromatic carbocycles. The van der Waals surface area contributed by atoms with Gasteiger partial charge in [-0.3, -0.25) is 19.8 Å². The molecule has 1 aliphatic heterocycles.